The maximum absolute atomic E-state index is 12.8. The van der Waals surface area contributed by atoms with Gasteiger partial charge >= 0.3 is 5.97 Å². The summed E-state index contributed by atoms with van der Waals surface area (Å²) in [5.41, 5.74) is 1.03. The molecular weight excluding hydrogens is 302 g/mol. The lowest BCUT2D eigenvalue weighted by Gasteiger charge is -2.24. The van der Waals surface area contributed by atoms with Gasteiger partial charge in [0.1, 0.15) is 5.41 Å². The minimum atomic E-state index is -0.958. The topological polar surface area (TPSA) is 66.8 Å². The van der Waals surface area contributed by atoms with Gasteiger partial charge in [-0.05, 0) is 37.7 Å². The lowest BCUT2D eigenvalue weighted by atomic mass is 9.88. The molecule has 6 heteroatoms. The zero-order chi connectivity index (χ0) is 15.7. The van der Waals surface area contributed by atoms with Gasteiger partial charge in [-0.15, -0.1) is 11.3 Å². The van der Waals surface area contributed by atoms with Crippen molar-refractivity contribution in [1.29, 1.82) is 0 Å². The molecule has 0 saturated carbocycles. The van der Waals surface area contributed by atoms with Gasteiger partial charge in [0.05, 0.1) is 12.2 Å². The molecular formula is C16H21NO4S. The third-order valence-corrected chi connectivity index (χ3v) is 5.90. The third-order valence-electron chi connectivity index (χ3n) is 4.81. The van der Waals surface area contributed by atoms with E-state index in [4.69, 9.17) is 4.74 Å². The summed E-state index contributed by atoms with van der Waals surface area (Å²) in [6.07, 6.45) is 4.81. The molecule has 2 heterocycles. The van der Waals surface area contributed by atoms with Crippen LogP contribution in [-0.4, -0.2) is 48.7 Å². The van der Waals surface area contributed by atoms with Gasteiger partial charge in [0.2, 0.25) is 0 Å². The zero-order valence-corrected chi connectivity index (χ0v) is 13.6. The summed E-state index contributed by atoms with van der Waals surface area (Å²) in [4.78, 5) is 27.4. The fraction of sp³-hybridized carbons (Fsp3) is 0.625. The predicted octanol–water partition coefficient (Wildman–Crippen LogP) is 2.19. The van der Waals surface area contributed by atoms with E-state index in [2.05, 4.69) is 0 Å². The summed E-state index contributed by atoms with van der Waals surface area (Å²) >= 11 is 1.67. The molecule has 0 aromatic carbocycles. The van der Waals surface area contributed by atoms with Crippen molar-refractivity contribution in [2.75, 3.05) is 26.8 Å². The van der Waals surface area contributed by atoms with E-state index in [0.717, 1.165) is 24.8 Å². The highest BCUT2D eigenvalue weighted by atomic mass is 32.1. The highest BCUT2D eigenvalue weighted by Gasteiger charge is 2.46. The number of aryl methyl sites for hydroxylation is 1. The van der Waals surface area contributed by atoms with Crippen LogP contribution in [0.25, 0.3) is 0 Å². The Balaban J connectivity index is 1.79. The molecule has 120 valence electrons. The Morgan fingerprint density at radius 2 is 2.18 bits per heavy atom. The van der Waals surface area contributed by atoms with Crippen LogP contribution in [0.15, 0.2) is 5.38 Å². The van der Waals surface area contributed by atoms with E-state index in [9.17, 15) is 14.7 Å². The van der Waals surface area contributed by atoms with Crippen LogP contribution in [-0.2, 0) is 22.4 Å². The van der Waals surface area contributed by atoms with E-state index in [0.29, 0.717) is 13.0 Å². The van der Waals surface area contributed by atoms with E-state index in [-0.39, 0.29) is 19.1 Å². The number of ether oxygens (including phenoxy) is 1. The summed E-state index contributed by atoms with van der Waals surface area (Å²) in [6.45, 7) is 0.868. The van der Waals surface area contributed by atoms with Crippen LogP contribution in [0.1, 0.15) is 40.1 Å². The van der Waals surface area contributed by atoms with Crippen molar-refractivity contribution in [2.24, 2.45) is 5.41 Å². The number of carbonyl (C=O) groups is 2. The molecule has 5 nitrogen and oxygen atoms in total. The summed E-state index contributed by atoms with van der Waals surface area (Å²) in [5, 5.41) is 11.5. The molecule has 1 aliphatic heterocycles. The van der Waals surface area contributed by atoms with E-state index in [1.165, 1.54) is 24.0 Å². The summed E-state index contributed by atoms with van der Waals surface area (Å²) in [6, 6.07) is 0. The minimum absolute atomic E-state index is 0.0152. The average Bonchev–Trinajstić information content (AvgIpc) is 3.12. The highest BCUT2D eigenvalue weighted by Crippen LogP contribution is 2.35. The Morgan fingerprint density at radius 3 is 2.91 bits per heavy atom. The molecule has 22 heavy (non-hydrogen) atoms. The van der Waals surface area contributed by atoms with Crippen LogP contribution in [0.3, 0.4) is 0 Å². The molecule has 2 aliphatic rings. The van der Waals surface area contributed by atoms with E-state index >= 15 is 0 Å². The van der Waals surface area contributed by atoms with Gasteiger partial charge in [0, 0.05) is 30.5 Å². The third kappa shape index (κ3) is 2.54. The number of carboxylic acids is 1. The first kappa shape index (κ1) is 15.5. The molecule has 3 rings (SSSR count). The predicted molar refractivity (Wildman–Crippen MR) is 83.4 cm³/mol. The van der Waals surface area contributed by atoms with Crippen LogP contribution in [0.4, 0.5) is 0 Å². The molecule has 1 fully saturated rings. The number of hydrogen-bond donors (Lipinski definition) is 1. The molecule has 1 N–H and O–H groups in total. The molecule has 0 bridgehead atoms. The van der Waals surface area contributed by atoms with Crippen molar-refractivity contribution in [3.05, 3.63) is 21.4 Å². The Labute approximate surface area is 133 Å². The lowest BCUT2D eigenvalue weighted by molar-refractivity contribution is -0.151. The molecule has 1 unspecified atom stereocenters. The van der Waals surface area contributed by atoms with Crippen molar-refractivity contribution in [1.82, 2.24) is 4.90 Å². The number of aliphatic carboxylic acids is 1. The second-order valence-electron chi connectivity index (χ2n) is 6.25. The van der Waals surface area contributed by atoms with E-state index < -0.39 is 11.4 Å². The molecule has 1 aliphatic carbocycles. The summed E-state index contributed by atoms with van der Waals surface area (Å²) < 4.78 is 5.08. The minimum Gasteiger partial charge on any atom is -0.481 e. The van der Waals surface area contributed by atoms with Crippen molar-refractivity contribution in [3.63, 3.8) is 0 Å². The Hall–Kier alpha value is -1.40. The molecule has 1 atom stereocenters. The van der Waals surface area contributed by atoms with Crippen LogP contribution in [0.5, 0.6) is 0 Å². The highest BCUT2D eigenvalue weighted by molar-refractivity contribution is 7.10. The molecule has 1 amide bonds. The Morgan fingerprint density at radius 1 is 1.41 bits per heavy atom. The Bertz CT molecular complexity index is 597. The largest absolute Gasteiger partial charge is 0.481 e. The first-order valence-corrected chi connectivity index (χ1v) is 8.56. The lowest BCUT2D eigenvalue weighted by Crippen LogP contribution is -2.40. The molecule has 0 radical (unpaired) electrons. The number of hydrogen-bond acceptors (Lipinski definition) is 4. The first-order valence-electron chi connectivity index (χ1n) is 7.68. The number of carboxylic acid groups (broad SMARTS) is 1. The Kier molecular flexibility index (Phi) is 4.23. The second kappa shape index (κ2) is 6.01. The second-order valence-corrected chi connectivity index (χ2v) is 7.22. The fourth-order valence-electron chi connectivity index (χ4n) is 3.52. The van der Waals surface area contributed by atoms with Crippen LogP contribution in [0, 0.1) is 5.41 Å². The van der Waals surface area contributed by atoms with Crippen LogP contribution < -0.4 is 0 Å². The SMILES string of the molecule is COCC1(C(=O)O)CCN(C(=O)c2csc3c2CCCC3)C1. The van der Waals surface area contributed by atoms with Crippen molar-refractivity contribution in [3.8, 4) is 0 Å². The standard InChI is InChI=1S/C16H21NO4S/c1-21-10-16(15(19)20)6-7-17(9-16)14(18)12-8-22-13-5-3-2-4-11(12)13/h8H,2-7,9-10H2,1H3,(H,19,20). The van der Waals surface area contributed by atoms with Gasteiger partial charge in [-0.3, -0.25) is 9.59 Å². The normalized spacial score (nSPS) is 24.3. The first-order chi connectivity index (χ1) is 10.6. The van der Waals surface area contributed by atoms with Crippen molar-refractivity contribution >= 4 is 23.2 Å². The van der Waals surface area contributed by atoms with Crippen molar-refractivity contribution < 1.29 is 19.4 Å². The van der Waals surface area contributed by atoms with Gasteiger partial charge in [-0.1, -0.05) is 0 Å². The van der Waals surface area contributed by atoms with E-state index in [1.54, 1.807) is 16.2 Å². The number of rotatable bonds is 4. The van der Waals surface area contributed by atoms with Gasteiger partial charge in [0.15, 0.2) is 0 Å². The molecule has 1 aromatic heterocycles. The van der Waals surface area contributed by atoms with Crippen molar-refractivity contribution in [2.45, 2.75) is 32.1 Å². The smallest absolute Gasteiger partial charge is 0.313 e. The van der Waals surface area contributed by atoms with Gasteiger partial charge in [-0.25, -0.2) is 0 Å². The number of fused-ring (bicyclic) bond motifs is 1. The van der Waals surface area contributed by atoms with Crippen LogP contribution in [0.2, 0.25) is 0 Å². The number of carbonyl (C=O) groups excluding carboxylic acids is 1. The monoisotopic (exact) mass is 323 g/mol. The zero-order valence-electron chi connectivity index (χ0n) is 12.8. The molecule has 1 saturated heterocycles. The van der Waals surface area contributed by atoms with Gasteiger partial charge < -0.3 is 14.7 Å². The number of amides is 1. The summed E-state index contributed by atoms with van der Waals surface area (Å²) in [5.74, 6) is -0.893. The maximum atomic E-state index is 12.8. The number of nitrogens with zero attached hydrogens (tertiary/aromatic N) is 1. The molecule has 1 aromatic rings. The number of thiophene rings is 1. The number of likely N-dealkylation sites (tertiary alicyclic amines) is 1. The quantitative estimate of drug-likeness (QED) is 0.922. The average molecular weight is 323 g/mol. The summed E-state index contributed by atoms with van der Waals surface area (Å²) in [7, 11) is 1.50. The van der Waals surface area contributed by atoms with Gasteiger partial charge in [0.25, 0.3) is 5.91 Å². The number of methoxy groups -OCH3 is 1. The van der Waals surface area contributed by atoms with Crippen LogP contribution >= 0.6 is 11.3 Å². The molecule has 0 spiro atoms. The van der Waals surface area contributed by atoms with Gasteiger partial charge in [-0.2, -0.15) is 0 Å². The fourth-order valence-corrected chi connectivity index (χ4v) is 4.64. The van der Waals surface area contributed by atoms with E-state index in [1.807, 2.05) is 5.38 Å². The maximum Gasteiger partial charge on any atom is 0.313 e.